The van der Waals surface area contributed by atoms with Crippen LogP contribution < -0.4 is 5.32 Å². The average molecular weight is 359 g/mol. The Kier molecular flexibility index (Phi) is 6.11. The maximum absolute atomic E-state index is 13.0. The lowest BCUT2D eigenvalue weighted by Crippen LogP contribution is -2.42. The minimum absolute atomic E-state index is 0. The van der Waals surface area contributed by atoms with Gasteiger partial charge in [-0.3, -0.25) is 0 Å². The molecule has 2 bridgehead atoms. The first-order valence-electron chi connectivity index (χ1n) is 8.38. The highest BCUT2D eigenvalue weighted by atomic mass is 35.5. The normalized spacial score (nSPS) is 26.3. The smallest absolute Gasteiger partial charge is 0.243 e. The van der Waals surface area contributed by atoms with Gasteiger partial charge in [-0.25, -0.2) is 8.42 Å². The molecule has 2 aliphatic rings. The van der Waals surface area contributed by atoms with E-state index < -0.39 is 10.0 Å². The summed E-state index contributed by atoms with van der Waals surface area (Å²) in [6, 6.07) is 7.80. The number of benzene rings is 1. The van der Waals surface area contributed by atoms with Gasteiger partial charge in [-0.1, -0.05) is 26.0 Å². The number of hydrogen-bond donors (Lipinski definition) is 1. The Labute approximate surface area is 146 Å². The van der Waals surface area contributed by atoms with Crippen LogP contribution in [0.5, 0.6) is 0 Å². The number of sulfonamides is 1. The average Bonchev–Trinajstić information content (AvgIpc) is 2.80. The predicted octanol–water partition coefficient (Wildman–Crippen LogP) is 3.14. The van der Waals surface area contributed by atoms with E-state index in [4.69, 9.17) is 0 Å². The van der Waals surface area contributed by atoms with E-state index in [0.29, 0.717) is 10.8 Å². The molecule has 3 atom stereocenters. The highest BCUT2D eigenvalue weighted by Crippen LogP contribution is 2.34. The number of halogens is 1. The third-order valence-corrected chi connectivity index (χ3v) is 7.24. The summed E-state index contributed by atoms with van der Waals surface area (Å²) < 4.78 is 27.9. The molecule has 3 unspecified atom stereocenters. The number of nitrogens with zero attached hydrogens (tertiary/aromatic N) is 1. The molecule has 4 nitrogen and oxygen atoms in total. The zero-order valence-electron chi connectivity index (χ0n) is 13.9. The van der Waals surface area contributed by atoms with Gasteiger partial charge in [0.15, 0.2) is 0 Å². The Bertz CT molecular complexity index is 604. The molecule has 2 saturated heterocycles. The Morgan fingerprint density at radius 1 is 1.17 bits per heavy atom. The van der Waals surface area contributed by atoms with E-state index in [9.17, 15) is 8.42 Å². The van der Waals surface area contributed by atoms with Crippen molar-refractivity contribution in [1.82, 2.24) is 9.62 Å². The lowest BCUT2D eigenvalue weighted by Gasteiger charge is -2.27. The Balaban J connectivity index is 0.00000192. The van der Waals surface area contributed by atoms with Gasteiger partial charge in [0.2, 0.25) is 10.0 Å². The van der Waals surface area contributed by atoms with Gasteiger partial charge in [-0.15, -0.1) is 12.4 Å². The molecule has 23 heavy (non-hydrogen) atoms. The van der Waals surface area contributed by atoms with Gasteiger partial charge in [0.1, 0.15) is 0 Å². The molecule has 0 aliphatic carbocycles. The third kappa shape index (κ3) is 3.58. The fourth-order valence-corrected chi connectivity index (χ4v) is 5.56. The van der Waals surface area contributed by atoms with Gasteiger partial charge in [-0.05, 0) is 55.8 Å². The summed E-state index contributed by atoms with van der Waals surface area (Å²) in [5, 5.41) is 3.36. The Hall–Kier alpha value is -0.620. The quantitative estimate of drug-likeness (QED) is 0.899. The van der Waals surface area contributed by atoms with E-state index in [1.54, 1.807) is 16.4 Å². The minimum Gasteiger partial charge on any atom is -0.315 e. The number of rotatable bonds is 4. The summed E-state index contributed by atoms with van der Waals surface area (Å²) in [4.78, 5) is 0.443. The van der Waals surface area contributed by atoms with E-state index in [-0.39, 0.29) is 24.5 Å². The molecule has 2 aliphatic heterocycles. The van der Waals surface area contributed by atoms with Gasteiger partial charge in [-0.2, -0.15) is 4.31 Å². The van der Waals surface area contributed by atoms with Crippen LogP contribution in [0.25, 0.3) is 0 Å². The monoisotopic (exact) mass is 358 g/mol. The molecule has 3 rings (SSSR count). The van der Waals surface area contributed by atoms with Crippen molar-refractivity contribution in [2.75, 3.05) is 13.1 Å². The summed E-state index contributed by atoms with van der Waals surface area (Å²) in [6.45, 7) is 6.02. The van der Waals surface area contributed by atoms with Crippen molar-refractivity contribution in [2.24, 2.45) is 0 Å². The molecule has 1 N–H and O–H groups in total. The number of hydrogen-bond acceptors (Lipinski definition) is 3. The molecular weight excluding hydrogens is 332 g/mol. The maximum Gasteiger partial charge on any atom is 0.243 e. The van der Waals surface area contributed by atoms with Crippen LogP contribution in [-0.2, 0) is 10.0 Å². The molecule has 0 spiro atoms. The van der Waals surface area contributed by atoms with E-state index >= 15 is 0 Å². The van der Waals surface area contributed by atoms with E-state index in [1.165, 1.54) is 5.56 Å². The van der Waals surface area contributed by atoms with E-state index in [1.807, 2.05) is 12.1 Å². The Morgan fingerprint density at radius 2 is 1.83 bits per heavy atom. The van der Waals surface area contributed by atoms with E-state index in [0.717, 1.165) is 38.8 Å². The van der Waals surface area contributed by atoms with Crippen molar-refractivity contribution in [2.45, 2.75) is 62.4 Å². The Morgan fingerprint density at radius 3 is 2.48 bits per heavy atom. The van der Waals surface area contributed by atoms with E-state index in [2.05, 4.69) is 19.2 Å². The van der Waals surface area contributed by atoms with Crippen LogP contribution >= 0.6 is 12.4 Å². The van der Waals surface area contributed by atoms with Crippen LogP contribution in [0.3, 0.4) is 0 Å². The lowest BCUT2D eigenvalue weighted by molar-refractivity contribution is 0.334. The molecule has 0 aromatic heterocycles. The fraction of sp³-hybridized carbons (Fsp3) is 0.647. The van der Waals surface area contributed by atoms with Gasteiger partial charge < -0.3 is 5.32 Å². The molecule has 0 radical (unpaired) electrons. The fourth-order valence-electron chi connectivity index (χ4n) is 3.66. The van der Waals surface area contributed by atoms with Crippen LogP contribution in [0.2, 0.25) is 0 Å². The van der Waals surface area contributed by atoms with Crippen LogP contribution in [0.1, 0.15) is 51.0 Å². The summed E-state index contributed by atoms with van der Waals surface area (Å²) in [6.07, 6.45) is 3.95. The highest BCUT2D eigenvalue weighted by molar-refractivity contribution is 7.89. The van der Waals surface area contributed by atoms with Crippen molar-refractivity contribution < 1.29 is 8.42 Å². The van der Waals surface area contributed by atoms with Crippen molar-refractivity contribution in [3.63, 3.8) is 0 Å². The zero-order chi connectivity index (χ0) is 15.7. The second-order valence-electron chi connectivity index (χ2n) is 6.59. The largest absolute Gasteiger partial charge is 0.315 e. The molecule has 1 aromatic carbocycles. The molecule has 2 heterocycles. The van der Waals surface area contributed by atoms with Gasteiger partial charge >= 0.3 is 0 Å². The van der Waals surface area contributed by atoms with Crippen LogP contribution in [0.15, 0.2) is 29.2 Å². The molecule has 0 saturated carbocycles. The second-order valence-corrected chi connectivity index (χ2v) is 8.43. The van der Waals surface area contributed by atoms with Gasteiger partial charge in [0.25, 0.3) is 0 Å². The first-order valence-corrected chi connectivity index (χ1v) is 9.82. The molecule has 1 aromatic rings. The maximum atomic E-state index is 13.0. The molecular formula is C17H27ClN2O2S. The molecule has 0 amide bonds. The first kappa shape index (κ1) is 18.7. The molecule has 130 valence electrons. The summed E-state index contributed by atoms with van der Waals surface area (Å²) >= 11 is 0. The number of fused-ring (bicyclic) bond motifs is 2. The van der Waals surface area contributed by atoms with Gasteiger partial charge in [0, 0.05) is 18.6 Å². The summed E-state index contributed by atoms with van der Waals surface area (Å²) in [5.41, 5.74) is 1.21. The van der Waals surface area contributed by atoms with Crippen molar-refractivity contribution in [3.05, 3.63) is 29.8 Å². The zero-order valence-corrected chi connectivity index (χ0v) is 15.5. The van der Waals surface area contributed by atoms with Crippen LogP contribution in [0.4, 0.5) is 0 Å². The molecule has 6 heteroatoms. The topological polar surface area (TPSA) is 49.4 Å². The third-order valence-electron chi connectivity index (χ3n) is 5.22. The minimum atomic E-state index is -3.38. The lowest BCUT2D eigenvalue weighted by atomic mass is 9.99. The predicted molar refractivity (Wildman–Crippen MR) is 95.7 cm³/mol. The molecule has 2 fully saturated rings. The van der Waals surface area contributed by atoms with Gasteiger partial charge in [0.05, 0.1) is 4.90 Å². The second kappa shape index (κ2) is 7.51. The standard InChI is InChI=1S/C17H26N2O2S.ClH/c1-3-13(2)14-4-8-17(9-5-14)22(20,21)19-15-6-7-16(19)12-18-11-10-15;/h4-5,8-9,13,15-16,18H,3,6-7,10-12H2,1-2H3;1H. The van der Waals surface area contributed by atoms with Crippen molar-refractivity contribution in [1.29, 1.82) is 0 Å². The van der Waals surface area contributed by atoms with Crippen molar-refractivity contribution in [3.8, 4) is 0 Å². The van der Waals surface area contributed by atoms with Crippen LogP contribution in [-0.4, -0.2) is 37.9 Å². The first-order chi connectivity index (χ1) is 10.5. The SMILES string of the molecule is CCC(C)c1ccc(S(=O)(=O)N2C3CCNCC2CC3)cc1.Cl. The van der Waals surface area contributed by atoms with Crippen molar-refractivity contribution >= 4 is 22.4 Å². The highest BCUT2D eigenvalue weighted by Gasteiger charge is 2.42. The van der Waals surface area contributed by atoms with Crippen LogP contribution in [0, 0.1) is 0 Å². The summed E-state index contributed by atoms with van der Waals surface area (Å²) in [7, 11) is -3.38. The number of nitrogens with one attached hydrogen (secondary N) is 1. The summed E-state index contributed by atoms with van der Waals surface area (Å²) in [5.74, 6) is 0.468.